The monoisotopic (exact) mass is 268 g/mol. The van der Waals surface area contributed by atoms with Crippen molar-refractivity contribution in [2.75, 3.05) is 6.79 Å². The third kappa shape index (κ3) is 1.85. The van der Waals surface area contributed by atoms with Crippen LogP contribution >= 0.6 is 0 Å². The molecule has 0 spiro atoms. The quantitative estimate of drug-likeness (QED) is 0.634. The van der Waals surface area contributed by atoms with E-state index >= 15 is 0 Å². The van der Waals surface area contributed by atoms with Crippen molar-refractivity contribution in [2.45, 2.75) is 12.2 Å². The number of ether oxygens (including phenoxy) is 3. The first-order valence-corrected chi connectivity index (χ1v) is 6.47. The van der Waals surface area contributed by atoms with Crippen LogP contribution in [0.3, 0.4) is 0 Å². The van der Waals surface area contributed by atoms with Gasteiger partial charge in [0.15, 0.2) is 23.4 Å². The molecule has 2 heterocycles. The molecule has 0 saturated carbocycles. The van der Waals surface area contributed by atoms with E-state index in [4.69, 9.17) is 14.2 Å². The lowest BCUT2D eigenvalue weighted by Gasteiger charge is -2.00. The Balaban J connectivity index is 1.55. The van der Waals surface area contributed by atoms with Gasteiger partial charge in [0.2, 0.25) is 6.79 Å². The Bertz CT molecular complexity index is 665. The maximum Gasteiger partial charge on any atom is 0.231 e. The fourth-order valence-electron chi connectivity index (χ4n) is 2.42. The molecule has 0 bridgehead atoms. The van der Waals surface area contributed by atoms with Crippen molar-refractivity contribution < 1.29 is 19.0 Å². The molecule has 0 aromatic heterocycles. The van der Waals surface area contributed by atoms with Gasteiger partial charge in [0, 0.05) is 5.56 Å². The van der Waals surface area contributed by atoms with Gasteiger partial charge in [0.25, 0.3) is 0 Å². The van der Waals surface area contributed by atoms with Crippen molar-refractivity contribution >= 4 is 5.78 Å². The summed E-state index contributed by atoms with van der Waals surface area (Å²) in [6.07, 6.45) is -0.521. The molecule has 4 rings (SSSR count). The van der Waals surface area contributed by atoms with Crippen LogP contribution in [0.2, 0.25) is 0 Å². The Hall–Kier alpha value is -2.33. The van der Waals surface area contributed by atoms with E-state index in [9.17, 15) is 4.79 Å². The normalized spacial score (nSPS) is 22.6. The summed E-state index contributed by atoms with van der Waals surface area (Å²) >= 11 is 0. The van der Waals surface area contributed by atoms with Crippen molar-refractivity contribution in [2.24, 2.45) is 0 Å². The van der Waals surface area contributed by atoms with Crippen LogP contribution in [0.1, 0.15) is 22.0 Å². The summed E-state index contributed by atoms with van der Waals surface area (Å²) in [7, 11) is 0. The van der Waals surface area contributed by atoms with Gasteiger partial charge in [-0.2, -0.15) is 0 Å². The molecule has 1 saturated heterocycles. The van der Waals surface area contributed by atoms with E-state index in [1.165, 1.54) is 0 Å². The highest BCUT2D eigenvalue weighted by molar-refractivity contribution is 6.02. The standard InChI is InChI=1S/C16H12O4/c17-14(11-6-7-12-13(8-11)19-9-18-12)16-15(20-16)10-4-2-1-3-5-10/h1-8,15-16H,9H2/t15-,16-/m0/s1. The summed E-state index contributed by atoms with van der Waals surface area (Å²) in [5.41, 5.74) is 1.63. The van der Waals surface area contributed by atoms with Crippen LogP contribution in [-0.2, 0) is 4.74 Å². The Kier molecular flexibility index (Phi) is 2.50. The SMILES string of the molecule is O=C(c1ccc2c(c1)OCO2)[C@@H]1O[C@H]1c1ccccc1. The number of carbonyl (C=O) groups is 1. The zero-order valence-corrected chi connectivity index (χ0v) is 10.6. The number of rotatable bonds is 3. The smallest absolute Gasteiger partial charge is 0.231 e. The van der Waals surface area contributed by atoms with Gasteiger partial charge in [-0.05, 0) is 23.8 Å². The highest BCUT2D eigenvalue weighted by Crippen LogP contribution is 2.41. The molecule has 100 valence electrons. The lowest BCUT2D eigenvalue weighted by molar-refractivity contribution is 0.0953. The molecule has 2 aromatic carbocycles. The molecule has 20 heavy (non-hydrogen) atoms. The average Bonchev–Trinajstić information content (AvgIpc) is 3.17. The van der Waals surface area contributed by atoms with E-state index in [1.54, 1.807) is 18.2 Å². The predicted octanol–water partition coefficient (Wildman–Crippen LogP) is 2.74. The number of hydrogen-bond acceptors (Lipinski definition) is 4. The van der Waals surface area contributed by atoms with E-state index in [0.29, 0.717) is 17.1 Å². The fraction of sp³-hybridized carbons (Fsp3) is 0.188. The van der Waals surface area contributed by atoms with Crippen molar-refractivity contribution in [3.63, 3.8) is 0 Å². The summed E-state index contributed by atoms with van der Waals surface area (Å²) < 4.78 is 16.0. The minimum absolute atomic E-state index is 0.0165. The zero-order valence-electron chi connectivity index (χ0n) is 10.6. The molecule has 0 amide bonds. The first kappa shape index (κ1) is 11.5. The number of ketones is 1. The number of hydrogen-bond donors (Lipinski definition) is 0. The van der Waals surface area contributed by atoms with E-state index in [2.05, 4.69) is 0 Å². The maximum atomic E-state index is 12.4. The highest BCUT2D eigenvalue weighted by atomic mass is 16.7. The van der Waals surface area contributed by atoms with E-state index in [1.807, 2.05) is 30.3 Å². The molecule has 1 fully saturated rings. The molecule has 0 unspecified atom stereocenters. The Morgan fingerprint density at radius 2 is 1.80 bits per heavy atom. The van der Waals surface area contributed by atoms with Gasteiger partial charge in [0.1, 0.15) is 6.10 Å². The number of Topliss-reactive ketones (excluding diaryl/α,β-unsaturated/α-hetero) is 1. The van der Waals surface area contributed by atoms with E-state index < -0.39 is 6.10 Å². The zero-order chi connectivity index (χ0) is 13.5. The van der Waals surface area contributed by atoms with Crippen LogP contribution in [0.25, 0.3) is 0 Å². The van der Waals surface area contributed by atoms with Gasteiger partial charge in [-0.3, -0.25) is 4.79 Å². The molecular formula is C16H12O4. The summed E-state index contributed by atoms with van der Waals surface area (Å²) in [6, 6.07) is 15.0. The van der Waals surface area contributed by atoms with Crippen LogP contribution < -0.4 is 9.47 Å². The maximum absolute atomic E-state index is 12.4. The van der Waals surface area contributed by atoms with Crippen LogP contribution in [0.5, 0.6) is 11.5 Å². The van der Waals surface area contributed by atoms with Gasteiger partial charge in [-0.25, -0.2) is 0 Å². The molecule has 4 nitrogen and oxygen atoms in total. The summed E-state index contributed by atoms with van der Waals surface area (Å²) in [4.78, 5) is 12.4. The first-order chi connectivity index (χ1) is 9.83. The van der Waals surface area contributed by atoms with Gasteiger partial charge in [-0.1, -0.05) is 30.3 Å². The van der Waals surface area contributed by atoms with Crippen LogP contribution in [0.15, 0.2) is 48.5 Å². The third-order valence-electron chi connectivity index (χ3n) is 3.54. The molecule has 0 aliphatic carbocycles. The third-order valence-corrected chi connectivity index (χ3v) is 3.54. The summed E-state index contributed by atoms with van der Waals surface area (Å²) in [6.45, 7) is 0.208. The minimum Gasteiger partial charge on any atom is -0.454 e. The van der Waals surface area contributed by atoms with Gasteiger partial charge in [-0.15, -0.1) is 0 Å². The summed E-state index contributed by atoms with van der Waals surface area (Å²) in [5.74, 6) is 1.28. The molecule has 2 aliphatic rings. The molecule has 4 heteroatoms. The van der Waals surface area contributed by atoms with Crippen molar-refractivity contribution in [3.05, 3.63) is 59.7 Å². The fourth-order valence-corrected chi connectivity index (χ4v) is 2.42. The molecule has 2 atom stereocenters. The van der Waals surface area contributed by atoms with Crippen molar-refractivity contribution in [1.29, 1.82) is 0 Å². The highest BCUT2D eigenvalue weighted by Gasteiger charge is 2.46. The second kappa shape index (κ2) is 4.35. The average molecular weight is 268 g/mol. The van der Waals surface area contributed by atoms with Crippen molar-refractivity contribution in [3.8, 4) is 11.5 Å². The number of carbonyl (C=O) groups excluding carboxylic acids is 1. The van der Waals surface area contributed by atoms with Crippen molar-refractivity contribution in [1.82, 2.24) is 0 Å². The summed E-state index contributed by atoms with van der Waals surface area (Å²) in [5, 5.41) is 0. The topological polar surface area (TPSA) is 48.1 Å². The lowest BCUT2D eigenvalue weighted by Crippen LogP contribution is -2.08. The van der Waals surface area contributed by atoms with Gasteiger partial charge in [0.05, 0.1) is 0 Å². The number of benzene rings is 2. The predicted molar refractivity (Wildman–Crippen MR) is 71.0 cm³/mol. The minimum atomic E-state index is -0.391. The Morgan fingerprint density at radius 1 is 1.00 bits per heavy atom. The van der Waals surface area contributed by atoms with Gasteiger partial charge < -0.3 is 14.2 Å². The van der Waals surface area contributed by atoms with E-state index in [-0.39, 0.29) is 18.7 Å². The van der Waals surface area contributed by atoms with Crippen LogP contribution in [-0.4, -0.2) is 18.7 Å². The Labute approximate surface area is 115 Å². The van der Waals surface area contributed by atoms with E-state index in [0.717, 1.165) is 5.56 Å². The Morgan fingerprint density at radius 3 is 2.65 bits per heavy atom. The largest absolute Gasteiger partial charge is 0.454 e. The molecular weight excluding hydrogens is 256 g/mol. The van der Waals surface area contributed by atoms with Crippen LogP contribution in [0.4, 0.5) is 0 Å². The number of fused-ring (bicyclic) bond motifs is 1. The van der Waals surface area contributed by atoms with Gasteiger partial charge >= 0.3 is 0 Å². The number of epoxide rings is 1. The van der Waals surface area contributed by atoms with Crippen LogP contribution in [0, 0.1) is 0 Å². The lowest BCUT2D eigenvalue weighted by atomic mass is 10.0. The molecule has 0 N–H and O–H groups in total. The first-order valence-electron chi connectivity index (χ1n) is 6.47. The second-order valence-electron chi connectivity index (χ2n) is 4.82. The molecule has 2 aliphatic heterocycles. The molecule has 2 aromatic rings. The second-order valence-corrected chi connectivity index (χ2v) is 4.82. The molecule has 0 radical (unpaired) electrons.